The second-order valence-corrected chi connectivity index (χ2v) is 7.03. The third kappa shape index (κ3) is 3.49. The lowest BCUT2D eigenvalue weighted by atomic mass is 10.2. The third-order valence-electron chi connectivity index (χ3n) is 4.01. The van der Waals surface area contributed by atoms with E-state index in [2.05, 4.69) is 10.3 Å². The Labute approximate surface area is 161 Å². The van der Waals surface area contributed by atoms with Gasteiger partial charge in [0, 0.05) is 23.2 Å². The zero-order valence-corrected chi connectivity index (χ0v) is 16.2. The number of aromatic nitrogens is 3. The molecule has 0 saturated carbocycles. The molecule has 2 heterocycles. The van der Waals surface area contributed by atoms with Gasteiger partial charge >= 0.3 is 0 Å². The number of anilines is 2. The van der Waals surface area contributed by atoms with Crippen LogP contribution in [0.25, 0.3) is 11.0 Å². The van der Waals surface area contributed by atoms with Crippen LogP contribution in [0.15, 0.2) is 40.2 Å². The van der Waals surface area contributed by atoms with Crippen molar-refractivity contribution in [2.24, 2.45) is 12.8 Å². The highest BCUT2D eigenvalue weighted by Gasteiger charge is 2.15. The summed E-state index contributed by atoms with van der Waals surface area (Å²) in [6, 6.07) is 5.93. The fourth-order valence-corrected chi connectivity index (χ4v) is 3.08. The molecule has 3 rings (SSSR count). The predicted octanol–water partition coefficient (Wildman–Crippen LogP) is 1.93. The van der Waals surface area contributed by atoms with Crippen LogP contribution < -0.4 is 22.2 Å². The van der Waals surface area contributed by atoms with Crippen molar-refractivity contribution in [3.63, 3.8) is 0 Å². The summed E-state index contributed by atoms with van der Waals surface area (Å²) in [5.41, 5.74) is 5.48. The SMILES string of the molecule is Cn1c(=O)cc(Nc2ccc(I)cc2F)c2c(=O)n(CCCN)cnc21. The summed E-state index contributed by atoms with van der Waals surface area (Å²) in [6.07, 6.45) is 2.02. The minimum absolute atomic E-state index is 0.178. The fourth-order valence-electron chi connectivity index (χ4n) is 2.62. The minimum Gasteiger partial charge on any atom is -0.352 e. The standard InChI is InChI=1S/C17H17FIN5O2/c1-23-14(25)8-13(22-12-4-3-10(19)7-11(12)18)15-16(23)21-9-24(17(15)26)6-2-5-20/h3-4,7-9,22H,2,5-6,20H2,1H3. The Morgan fingerprint density at radius 1 is 1.27 bits per heavy atom. The topological polar surface area (TPSA) is 94.9 Å². The summed E-state index contributed by atoms with van der Waals surface area (Å²) in [4.78, 5) is 29.3. The Bertz CT molecular complexity index is 1090. The summed E-state index contributed by atoms with van der Waals surface area (Å²) < 4.78 is 17.7. The van der Waals surface area contributed by atoms with Crippen LogP contribution >= 0.6 is 22.6 Å². The van der Waals surface area contributed by atoms with Crippen molar-refractivity contribution in [3.8, 4) is 0 Å². The molecule has 0 atom stereocenters. The number of hydrogen-bond donors (Lipinski definition) is 2. The number of nitrogens with zero attached hydrogens (tertiary/aromatic N) is 3. The summed E-state index contributed by atoms with van der Waals surface area (Å²) >= 11 is 2.00. The predicted molar refractivity (Wildman–Crippen MR) is 107 cm³/mol. The van der Waals surface area contributed by atoms with Gasteiger partial charge in [0.25, 0.3) is 11.1 Å². The van der Waals surface area contributed by atoms with Gasteiger partial charge in [-0.3, -0.25) is 18.7 Å². The Morgan fingerprint density at radius 2 is 2.04 bits per heavy atom. The molecule has 0 amide bonds. The molecular weight excluding hydrogens is 452 g/mol. The molecule has 0 saturated heterocycles. The first-order chi connectivity index (χ1) is 12.4. The largest absolute Gasteiger partial charge is 0.352 e. The van der Waals surface area contributed by atoms with Gasteiger partial charge in [-0.1, -0.05) is 0 Å². The molecule has 0 aliphatic heterocycles. The number of nitrogens with one attached hydrogen (secondary N) is 1. The summed E-state index contributed by atoms with van der Waals surface area (Å²) in [6.45, 7) is 0.856. The minimum atomic E-state index is -0.474. The van der Waals surface area contributed by atoms with Gasteiger partial charge in [-0.25, -0.2) is 9.37 Å². The molecule has 26 heavy (non-hydrogen) atoms. The maximum Gasteiger partial charge on any atom is 0.264 e. The quantitative estimate of drug-likeness (QED) is 0.558. The second-order valence-electron chi connectivity index (χ2n) is 5.79. The number of hydrogen-bond acceptors (Lipinski definition) is 5. The van der Waals surface area contributed by atoms with Gasteiger partial charge in [-0.2, -0.15) is 0 Å². The molecule has 1 aromatic carbocycles. The van der Waals surface area contributed by atoms with Crippen LogP contribution in [0.2, 0.25) is 0 Å². The lowest BCUT2D eigenvalue weighted by Crippen LogP contribution is -2.27. The van der Waals surface area contributed by atoms with Gasteiger partial charge in [-0.05, 0) is 53.8 Å². The molecular formula is C17H17FIN5O2. The van der Waals surface area contributed by atoms with Gasteiger partial charge in [-0.15, -0.1) is 0 Å². The maximum atomic E-state index is 14.2. The molecule has 0 radical (unpaired) electrons. The summed E-state index contributed by atoms with van der Waals surface area (Å²) in [5.74, 6) is -0.474. The van der Waals surface area contributed by atoms with Crippen molar-refractivity contribution in [1.29, 1.82) is 0 Å². The van der Waals surface area contributed by atoms with E-state index in [1.54, 1.807) is 12.1 Å². The molecule has 3 aromatic rings. The van der Waals surface area contributed by atoms with Crippen molar-refractivity contribution in [2.75, 3.05) is 11.9 Å². The van der Waals surface area contributed by atoms with Gasteiger partial charge in [0.1, 0.15) is 11.2 Å². The number of pyridine rings is 1. The van der Waals surface area contributed by atoms with Crippen LogP contribution in [0.4, 0.5) is 15.8 Å². The maximum absolute atomic E-state index is 14.2. The van der Waals surface area contributed by atoms with E-state index < -0.39 is 5.82 Å². The number of halogens is 2. The molecule has 0 aliphatic carbocycles. The van der Waals surface area contributed by atoms with Gasteiger partial charge in [0.2, 0.25) is 0 Å². The first kappa shape index (κ1) is 18.5. The van der Waals surface area contributed by atoms with E-state index in [4.69, 9.17) is 5.73 Å². The highest BCUT2D eigenvalue weighted by Crippen LogP contribution is 2.24. The van der Waals surface area contributed by atoms with Gasteiger partial charge in [0.05, 0.1) is 17.7 Å². The van der Waals surface area contributed by atoms with Crippen LogP contribution in [0.5, 0.6) is 0 Å². The molecule has 0 unspecified atom stereocenters. The first-order valence-electron chi connectivity index (χ1n) is 7.93. The molecule has 9 heteroatoms. The Balaban J connectivity index is 2.21. The van der Waals surface area contributed by atoms with E-state index in [0.29, 0.717) is 19.5 Å². The molecule has 0 fully saturated rings. The van der Waals surface area contributed by atoms with Gasteiger partial charge in [0.15, 0.2) is 5.65 Å². The van der Waals surface area contributed by atoms with Crippen molar-refractivity contribution >= 4 is 45.0 Å². The smallest absolute Gasteiger partial charge is 0.264 e. The summed E-state index contributed by atoms with van der Waals surface area (Å²) in [7, 11) is 1.54. The monoisotopic (exact) mass is 469 g/mol. The average molecular weight is 469 g/mol. The number of aryl methyl sites for hydroxylation is 2. The zero-order chi connectivity index (χ0) is 18.8. The van der Waals surface area contributed by atoms with Crippen LogP contribution in [0.1, 0.15) is 6.42 Å². The molecule has 136 valence electrons. The number of rotatable bonds is 5. The second kappa shape index (κ2) is 7.54. The zero-order valence-electron chi connectivity index (χ0n) is 14.0. The summed E-state index contributed by atoms with van der Waals surface area (Å²) in [5, 5.41) is 3.09. The Kier molecular flexibility index (Phi) is 5.37. The van der Waals surface area contributed by atoms with E-state index in [0.717, 1.165) is 3.57 Å². The molecule has 0 aliphatic rings. The lowest BCUT2D eigenvalue weighted by Gasteiger charge is -2.13. The fraction of sp³-hybridized carbons (Fsp3) is 0.235. The Hall–Kier alpha value is -2.27. The van der Waals surface area contributed by atoms with E-state index in [1.165, 1.54) is 34.6 Å². The molecule has 2 aromatic heterocycles. The van der Waals surface area contributed by atoms with Crippen molar-refractivity contribution in [2.45, 2.75) is 13.0 Å². The highest BCUT2D eigenvalue weighted by atomic mass is 127. The van der Waals surface area contributed by atoms with Crippen molar-refractivity contribution < 1.29 is 4.39 Å². The molecule has 3 N–H and O–H groups in total. The lowest BCUT2D eigenvalue weighted by molar-refractivity contribution is 0.622. The van der Waals surface area contributed by atoms with Crippen molar-refractivity contribution in [1.82, 2.24) is 14.1 Å². The van der Waals surface area contributed by atoms with Gasteiger partial charge < -0.3 is 11.1 Å². The average Bonchev–Trinajstić information content (AvgIpc) is 2.60. The molecule has 0 spiro atoms. The van der Waals surface area contributed by atoms with Crippen LogP contribution in [0.3, 0.4) is 0 Å². The normalized spacial score (nSPS) is 11.1. The van der Waals surface area contributed by atoms with Crippen LogP contribution in [0, 0.1) is 9.39 Å². The van der Waals surface area contributed by atoms with E-state index in [1.807, 2.05) is 22.6 Å². The first-order valence-corrected chi connectivity index (χ1v) is 9.01. The molecule has 7 nitrogen and oxygen atoms in total. The third-order valence-corrected chi connectivity index (χ3v) is 4.68. The Morgan fingerprint density at radius 3 is 2.73 bits per heavy atom. The highest BCUT2D eigenvalue weighted by molar-refractivity contribution is 14.1. The number of nitrogens with two attached hydrogens (primary N) is 1. The van der Waals surface area contributed by atoms with Crippen LogP contribution in [-0.2, 0) is 13.6 Å². The van der Waals surface area contributed by atoms with E-state index in [9.17, 15) is 14.0 Å². The molecule has 0 bridgehead atoms. The number of fused-ring (bicyclic) bond motifs is 1. The number of benzene rings is 1. The van der Waals surface area contributed by atoms with Crippen molar-refractivity contribution in [3.05, 3.63) is 60.7 Å². The van der Waals surface area contributed by atoms with Crippen LogP contribution in [-0.4, -0.2) is 20.7 Å². The van der Waals surface area contributed by atoms with E-state index >= 15 is 0 Å². The van der Waals surface area contributed by atoms with E-state index in [-0.39, 0.29) is 33.5 Å².